The Kier molecular flexibility index (Phi) is 9.29. The van der Waals surface area contributed by atoms with E-state index >= 15 is 0 Å². The van der Waals surface area contributed by atoms with Gasteiger partial charge in [0.1, 0.15) is 34.8 Å². The van der Waals surface area contributed by atoms with Crippen LogP contribution in [0.4, 0.5) is 5.69 Å². The van der Waals surface area contributed by atoms with E-state index in [1.165, 1.54) is 31.4 Å². The Hall–Kier alpha value is -5.11. The van der Waals surface area contributed by atoms with Gasteiger partial charge >= 0.3 is 5.97 Å². The number of benzene rings is 2. The van der Waals surface area contributed by atoms with Crippen LogP contribution in [0, 0.1) is 18.3 Å². The van der Waals surface area contributed by atoms with Crippen LogP contribution in [0.1, 0.15) is 58.6 Å². The van der Waals surface area contributed by atoms with Gasteiger partial charge in [-0.3, -0.25) is 14.4 Å². The Morgan fingerprint density at radius 2 is 1.70 bits per heavy atom. The van der Waals surface area contributed by atoms with Gasteiger partial charge in [-0.05, 0) is 75.4 Å². The van der Waals surface area contributed by atoms with Crippen LogP contribution in [0.3, 0.4) is 0 Å². The number of nitrogens with one attached hydrogen (secondary N) is 2. The number of nitrogens with zero attached hydrogens (tertiary/aromatic N) is 3. The van der Waals surface area contributed by atoms with Crippen LogP contribution in [-0.2, 0) is 14.3 Å². The van der Waals surface area contributed by atoms with E-state index in [0.29, 0.717) is 37.3 Å². The summed E-state index contributed by atoms with van der Waals surface area (Å²) in [5.74, 6) is -0.670. The summed E-state index contributed by atoms with van der Waals surface area (Å²) in [5.41, 5.74) is 1.47. The Morgan fingerprint density at radius 3 is 2.41 bits per heavy atom. The van der Waals surface area contributed by atoms with Crippen LogP contribution in [0.5, 0.6) is 0 Å². The third-order valence-electron chi connectivity index (χ3n) is 7.95. The molecule has 44 heavy (non-hydrogen) atoms. The quantitative estimate of drug-likeness (QED) is 0.161. The van der Waals surface area contributed by atoms with E-state index in [1.807, 2.05) is 25.1 Å². The summed E-state index contributed by atoms with van der Waals surface area (Å²) in [6, 6.07) is 14.3. The van der Waals surface area contributed by atoms with Crippen molar-refractivity contribution in [1.29, 1.82) is 5.26 Å². The number of methoxy groups -OCH3 is 1. The molecule has 2 amide bonds. The Bertz CT molecular complexity index is 1640. The number of hydrogen-bond acceptors (Lipinski definition) is 9. The second-order valence-corrected chi connectivity index (χ2v) is 11.0. The summed E-state index contributed by atoms with van der Waals surface area (Å²) >= 11 is 0. The van der Waals surface area contributed by atoms with Crippen molar-refractivity contribution in [3.05, 3.63) is 76.8 Å². The number of Topliss-reactive ketones (excluding diaryl/α,β-unsaturated/α-hetero) is 1. The highest BCUT2D eigenvalue weighted by atomic mass is 16.5. The molecule has 0 radical (unpaired) electrons. The predicted octanol–water partition coefficient (Wildman–Crippen LogP) is 4.15. The number of anilines is 1. The molecule has 0 unspecified atom stereocenters. The first-order chi connectivity index (χ1) is 21.3. The standard InChI is InChI=1S/C33H35N5O6/c1-21-17-24-18-25(12-13-28(24)44-21)35-31(26(19-34)30(40)22-8-10-23(11-9-22)33(42)43-2)36-27-7-3-4-16-38(32(27)41)20-29(39)37-14-5-6-15-37/h8-13,17-18,27,35-36H,3-7,14-16,20H2,1-2H3/b31-26+/t27-/m0/s1. The number of allylic oxidation sites excluding steroid dienone is 1. The fourth-order valence-electron chi connectivity index (χ4n) is 5.61. The lowest BCUT2D eigenvalue weighted by Crippen LogP contribution is -2.49. The molecule has 2 aliphatic rings. The molecule has 3 heterocycles. The van der Waals surface area contributed by atoms with Gasteiger partial charge in [0.05, 0.1) is 19.2 Å². The van der Waals surface area contributed by atoms with E-state index in [9.17, 15) is 24.4 Å². The molecule has 2 saturated heterocycles. The van der Waals surface area contributed by atoms with Crippen LogP contribution in [0.25, 0.3) is 11.0 Å². The molecule has 1 atom stereocenters. The number of ketones is 1. The van der Waals surface area contributed by atoms with Gasteiger partial charge in [-0.15, -0.1) is 0 Å². The smallest absolute Gasteiger partial charge is 0.337 e. The molecule has 3 aromatic rings. The van der Waals surface area contributed by atoms with Crippen LogP contribution < -0.4 is 10.6 Å². The Labute approximate surface area is 255 Å². The van der Waals surface area contributed by atoms with E-state index in [-0.39, 0.29) is 40.9 Å². The van der Waals surface area contributed by atoms with Gasteiger partial charge in [0.2, 0.25) is 17.6 Å². The van der Waals surface area contributed by atoms with E-state index in [1.54, 1.807) is 21.9 Å². The molecular formula is C33H35N5O6. The maximum Gasteiger partial charge on any atom is 0.337 e. The highest BCUT2D eigenvalue weighted by molar-refractivity contribution is 6.12. The molecule has 11 nitrogen and oxygen atoms in total. The first-order valence-electron chi connectivity index (χ1n) is 14.7. The Morgan fingerprint density at radius 1 is 1.00 bits per heavy atom. The third-order valence-corrected chi connectivity index (χ3v) is 7.95. The molecule has 0 saturated carbocycles. The average molecular weight is 598 g/mol. The lowest BCUT2D eigenvalue weighted by Gasteiger charge is -2.28. The fraction of sp³-hybridized carbons (Fsp3) is 0.364. The number of ether oxygens (including phenoxy) is 1. The molecule has 228 valence electrons. The highest BCUT2D eigenvalue weighted by Crippen LogP contribution is 2.25. The predicted molar refractivity (Wildman–Crippen MR) is 162 cm³/mol. The maximum absolute atomic E-state index is 13.8. The van der Waals surface area contributed by atoms with Gasteiger partial charge in [-0.2, -0.15) is 5.26 Å². The number of esters is 1. The van der Waals surface area contributed by atoms with Gasteiger partial charge in [-0.1, -0.05) is 12.1 Å². The lowest BCUT2D eigenvalue weighted by atomic mass is 10.0. The number of nitriles is 1. The van der Waals surface area contributed by atoms with Crippen molar-refractivity contribution in [2.75, 3.05) is 38.6 Å². The molecule has 1 aromatic heterocycles. The zero-order valence-electron chi connectivity index (χ0n) is 24.9. The van der Waals surface area contributed by atoms with Gasteiger partial charge < -0.3 is 29.6 Å². The van der Waals surface area contributed by atoms with E-state index in [4.69, 9.17) is 9.15 Å². The van der Waals surface area contributed by atoms with Crippen molar-refractivity contribution < 1.29 is 28.3 Å². The number of carbonyl (C=O) groups excluding carboxylic acids is 4. The minimum absolute atomic E-state index is 0.00339. The largest absolute Gasteiger partial charge is 0.465 e. The zero-order chi connectivity index (χ0) is 31.2. The van der Waals surface area contributed by atoms with E-state index < -0.39 is 17.8 Å². The van der Waals surface area contributed by atoms with Gasteiger partial charge in [0, 0.05) is 36.3 Å². The maximum atomic E-state index is 13.8. The first-order valence-corrected chi connectivity index (χ1v) is 14.7. The number of carbonyl (C=O) groups is 4. The number of fused-ring (bicyclic) bond motifs is 1. The molecular weight excluding hydrogens is 562 g/mol. The number of rotatable bonds is 9. The normalized spacial score (nSPS) is 17.5. The van der Waals surface area contributed by atoms with Crippen molar-refractivity contribution >= 4 is 40.2 Å². The minimum Gasteiger partial charge on any atom is -0.465 e. The Balaban J connectivity index is 1.47. The summed E-state index contributed by atoms with van der Waals surface area (Å²) in [5, 5.41) is 17.4. The number of amides is 2. The molecule has 2 aliphatic heterocycles. The van der Waals surface area contributed by atoms with E-state index in [0.717, 1.165) is 36.8 Å². The number of hydrogen-bond donors (Lipinski definition) is 2. The summed E-state index contributed by atoms with van der Waals surface area (Å²) in [4.78, 5) is 55.6. The SMILES string of the molecule is COC(=O)c1ccc(C(=O)/C(C#N)=C(\Nc2ccc3oc(C)cc3c2)N[C@H]2CCCCN(CC(=O)N3CCCC3)C2=O)cc1. The van der Waals surface area contributed by atoms with E-state index in [2.05, 4.69) is 10.6 Å². The van der Waals surface area contributed by atoms with Crippen LogP contribution >= 0.6 is 0 Å². The molecule has 2 fully saturated rings. The summed E-state index contributed by atoms with van der Waals surface area (Å²) in [6.07, 6.45) is 3.83. The zero-order valence-corrected chi connectivity index (χ0v) is 24.9. The second kappa shape index (κ2) is 13.5. The minimum atomic E-state index is -0.774. The van der Waals surface area contributed by atoms with Crippen LogP contribution in [0.15, 0.2) is 64.3 Å². The van der Waals surface area contributed by atoms with Crippen LogP contribution in [0.2, 0.25) is 0 Å². The molecule has 0 bridgehead atoms. The monoisotopic (exact) mass is 597 g/mol. The lowest BCUT2D eigenvalue weighted by molar-refractivity contribution is -0.140. The number of aryl methyl sites for hydroxylation is 1. The molecule has 2 aromatic carbocycles. The van der Waals surface area contributed by atoms with Crippen molar-refractivity contribution in [3.8, 4) is 6.07 Å². The molecule has 5 rings (SSSR count). The fourth-order valence-corrected chi connectivity index (χ4v) is 5.61. The van der Waals surface area contributed by atoms with Crippen molar-refractivity contribution in [3.63, 3.8) is 0 Å². The van der Waals surface area contributed by atoms with Gasteiger partial charge in [0.25, 0.3) is 0 Å². The summed E-state index contributed by atoms with van der Waals surface area (Å²) in [6.45, 7) is 3.70. The summed E-state index contributed by atoms with van der Waals surface area (Å²) in [7, 11) is 1.27. The van der Waals surface area contributed by atoms with Gasteiger partial charge in [0.15, 0.2) is 0 Å². The van der Waals surface area contributed by atoms with Crippen molar-refractivity contribution in [2.24, 2.45) is 0 Å². The molecule has 2 N–H and O–H groups in total. The topological polar surface area (TPSA) is 145 Å². The van der Waals surface area contributed by atoms with Crippen molar-refractivity contribution in [2.45, 2.75) is 45.1 Å². The third kappa shape index (κ3) is 6.75. The van der Waals surface area contributed by atoms with Gasteiger partial charge in [-0.25, -0.2) is 4.79 Å². The summed E-state index contributed by atoms with van der Waals surface area (Å²) < 4.78 is 10.4. The van der Waals surface area contributed by atoms with Crippen LogP contribution in [-0.4, -0.2) is 72.7 Å². The second-order valence-electron chi connectivity index (χ2n) is 11.0. The molecule has 11 heteroatoms. The van der Waals surface area contributed by atoms with Crippen molar-refractivity contribution in [1.82, 2.24) is 15.1 Å². The molecule has 0 spiro atoms. The number of furan rings is 1. The first kappa shape index (κ1) is 30.4. The molecule has 0 aliphatic carbocycles. The number of likely N-dealkylation sites (tertiary alicyclic amines) is 2. The average Bonchev–Trinajstić information content (AvgIpc) is 3.67. The highest BCUT2D eigenvalue weighted by Gasteiger charge is 2.32.